The molecule has 1 aromatic carbocycles. The van der Waals surface area contributed by atoms with Gasteiger partial charge in [0.1, 0.15) is 10.7 Å². The van der Waals surface area contributed by atoms with Crippen molar-refractivity contribution in [3.05, 3.63) is 62.4 Å². The number of halogens is 2. The summed E-state index contributed by atoms with van der Waals surface area (Å²) in [5.41, 5.74) is 1.03. The molecule has 0 bridgehead atoms. The molecule has 3 heterocycles. The first kappa shape index (κ1) is 19.4. The molecule has 144 valence electrons. The topological polar surface area (TPSA) is 53.5 Å². The van der Waals surface area contributed by atoms with E-state index in [0.717, 1.165) is 9.88 Å². The van der Waals surface area contributed by atoms with E-state index in [1.165, 1.54) is 22.7 Å². The minimum absolute atomic E-state index is 0.0470. The number of piperazine rings is 1. The third-order valence-corrected chi connectivity index (χ3v) is 6.95. The zero-order valence-electron chi connectivity index (χ0n) is 14.6. The average Bonchev–Trinajstić information content (AvgIpc) is 3.37. The Labute approximate surface area is 180 Å². The molecule has 1 aliphatic heterocycles. The van der Waals surface area contributed by atoms with Crippen molar-refractivity contribution in [3.8, 4) is 9.88 Å². The van der Waals surface area contributed by atoms with Crippen LogP contribution >= 0.6 is 45.9 Å². The van der Waals surface area contributed by atoms with Crippen LogP contribution in [0.1, 0.15) is 20.8 Å². The highest BCUT2D eigenvalue weighted by atomic mass is 35.5. The van der Waals surface area contributed by atoms with E-state index in [-0.39, 0.29) is 11.8 Å². The fraction of sp³-hybridized carbons (Fsp3) is 0.211. The Morgan fingerprint density at radius 1 is 0.893 bits per heavy atom. The Morgan fingerprint density at radius 3 is 2.14 bits per heavy atom. The Hall–Kier alpha value is -1.93. The summed E-state index contributed by atoms with van der Waals surface area (Å²) in [6.45, 7) is 1.95. The minimum atomic E-state index is -0.108. The van der Waals surface area contributed by atoms with E-state index in [4.69, 9.17) is 23.2 Å². The second kappa shape index (κ2) is 8.21. The van der Waals surface area contributed by atoms with E-state index in [9.17, 15) is 9.59 Å². The molecule has 4 rings (SSSR count). The van der Waals surface area contributed by atoms with Gasteiger partial charge in [0.05, 0.1) is 9.21 Å². The normalized spacial score (nSPS) is 14.4. The average molecular weight is 452 g/mol. The fourth-order valence-corrected chi connectivity index (χ4v) is 5.00. The van der Waals surface area contributed by atoms with Gasteiger partial charge in [0.25, 0.3) is 11.8 Å². The summed E-state index contributed by atoms with van der Waals surface area (Å²) in [5, 5.41) is 3.16. The van der Waals surface area contributed by atoms with Gasteiger partial charge in [0.15, 0.2) is 0 Å². The Bertz CT molecular complexity index is 1010. The minimum Gasteiger partial charge on any atom is -0.335 e. The number of thiophene rings is 1. The molecule has 0 spiro atoms. The summed E-state index contributed by atoms with van der Waals surface area (Å²) in [7, 11) is 0. The van der Waals surface area contributed by atoms with Crippen molar-refractivity contribution in [1.29, 1.82) is 0 Å². The van der Waals surface area contributed by atoms with Gasteiger partial charge in [0, 0.05) is 42.1 Å². The highest BCUT2D eigenvalue weighted by Gasteiger charge is 2.27. The first-order valence-corrected chi connectivity index (χ1v) is 11.0. The Balaban J connectivity index is 1.38. The van der Waals surface area contributed by atoms with Crippen LogP contribution in [0.5, 0.6) is 0 Å². The molecular weight excluding hydrogens is 437 g/mol. The van der Waals surface area contributed by atoms with Crippen molar-refractivity contribution in [2.24, 2.45) is 0 Å². The van der Waals surface area contributed by atoms with Crippen molar-refractivity contribution >= 4 is 57.7 Å². The standard InChI is InChI=1S/C19H15Cl2N3O2S2/c20-13-3-1-12(2-4-13)18(25)23-7-9-24(10-8-23)19(26)14-11-27-17(22-14)15-5-6-16(21)28-15/h1-6,11H,7-10H2. The lowest BCUT2D eigenvalue weighted by Gasteiger charge is -2.34. The number of carbonyl (C=O) groups is 2. The quantitative estimate of drug-likeness (QED) is 0.575. The van der Waals surface area contributed by atoms with Crippen molar-refractivity contribution in [1.82, 2.24) is 14.8 Å². The summed E-state index contributed by atoms with van der Waals surface area (Å²) in [4.78, 5) is 34.3. The summed E-state index contributed by atoms with van der Waals surface area (Å²) in [5.74, 6) is -0.155. The summed E-state index contributed by atoms with van der Waals surface area (Å²) >= 11 is 14.7. The molecule has 2 amide bonds. The van der Waals surface area contributed by atoms with Crippen LogP contribution in [0.4, 0.5) is 0 Å². The van der Waals surface area contributed by atoms with Gasteiger partial charge >= 0.3 is 0 Å². The van der Waals surface area contributed by atoms with E-state index in [1.54, 1.807) is 39.4 Å². The lowest BCUT2D eigenvalue weighted by Crippen LogP contribution is -2.50. The predicted octanol–water partition coefficient (Wildman–Crippen LogP) is 4.78. The van der Waals surface area contributed by atoms with Crippen molar-refractivity contribution in [2.45, 2.75) is 0 Å². The zero-order chi connectivity index (χ0) is 19.7. The number of rotatable bonds is 3. The van der Waals surface area contributed by atoms with Crippen LogP contribution in [0, 0.1) is 0 Å². The van der Waals surface area contributed by atoms with Gasteiger partial charge in [-0.1, -0.05) is 23.2 Å². The maximum atomic E-state index is 12.8. The second-order valence-corrected chi connectivity index (χ2v) is 9.24. The summed E-state index contributed by atoms with van der Waals surface area (Å²) in [6.07, 6.45) is 0. The van der Waals surface area contributed by atoms with Crippen molar-refractivity contribution in [2.75, 3.05) is 26.2 Å². The van der Waals surface area contributed by atoms with Crippen molar-refractivity contribution in [3.63, 3.8) is 0 Å². The third kappa shape index (κ3) is 4.07. The SMILES string of the molecule is O=C(c1ccc(Cl)cc1)N1CCN(C(=O)c2csc(-c3ccc(Cl)s3)n2)CC1. The lowest BCUT2D eigenvalue weighted by molar-refractivity contribution is 0.0533. The lowest BCUT2D eigenvalue weighted by atomic mass is 10.2. The summed E-state index contributed by atoms with van der Waals surface area (Å²) < 4.78 is 0.694. The predicted molar refractivity (Wildman–Crippen MR) is 114 cm³/mol. The molecule has 1 fully saturated rings. The molecule has 1 aliphatic rings. The van der Waals surface area contributed by atoms with E-state index >= 15 is 0 Å². The Morgan fingerprint density at radius 2 is 1.54 bits per heavy atom. The number of amides is 2. The third-order valence-electron chi connectivity index (χ3n) is 4.45. The molecule has 1 saturated heterocycles. The van der Waals surface area contributed by atoms with Gasteiger partial charge in [0.2, 0.25) is 0 Å². The van der Waals surface area contributed by atoms with E-state index in [0.29, 0.717) is 46.8 Å². The van der Waals surface area contributed by atoms with Crippen LogP contribution in [-0.2, 0) is 0 Å². The van der Waals surface area contributed by atoms with E-state index < -0.39 is 0 Å². The van der Waals surface area contributed by atoms with Gasteiger partial charge in [-0.25, -0.2) is 4.98 Å². The van der Waals surface area contributed by atoms with Crippen LogP contribution < -0.4 is 0 Å². The molecule has 0 N–H and O–H groups in total. The van der Waals surface area contributed by atoms with Gasteiger partial charge in [-0.05, 0) is 36.4 Å². The second-order valence-electron chi connectivity index (χ2n) is 6.23. The first-order chi connectivity index (χ1) is 13.5. The number of carbonyl (C=O) groups excluding carboxylic acids is 2. The van der Waals surface area contributed by atoms with Gasteiger partial charge in [-0.2, -0.15) is 0 Å². The molecule has 0 aliphatic carbocycles. The molecule has 2 aromatic heterocycles. The number of benzene rings is 1. The molecule has 5 nitrogen and oxygen atoms in total. The molecule has 0 radical (unpaired) electrons. The number of aromatic nitrogens is 1. The Kier molecular flexibility index (Phi) is 5.68. The number of thiazole rings is 1. The van der Waals surface area contributed by atoms with Crippen LogP contribution in [0.3, 0.4) is 0 Å². The van der Waals surface area contributed by atoms with Gasteiger partial charge in [-0.3, -0.25) is 9.59 Å². The number of nitrogens with zero attached hydrogens (tertiary/aromatic N) is 3. The zero-order valence-corrected chi connectivity index (χ0v) is 17.7. The van der Waals surface area contributed by atoms with Crippen molar-refractivity contribution < 1.29 is 9.59 Å². The number of hydrogen-bond acceptors (Lipinski definition) is 5. The van der Waals surface area contributed by atoms with E-state index in [1.807, 2.05) is 12.1 Å². The first-order valence-electron chi connectivity index (χ1n) is 8.56. The molecule has 0 saturated carbocycles. The maximum absolute atomic E-state index is 12.8. The molecular formula is C19H15Cl2N3O2S2. The highest BCUT2D eigenvalue weighted by Crippen LogP contribution is 2.33. The highest BCUT2D eigenvalue weighted by molar-refractivity contribution is 7.23. The molecule has 0 atom stereocenters. The maximum Gasteiger partial charge on any atom is 0.273 e. The van der Waals surface area contributed by atoms with Gasteiger partial charge < -0.3 is 9.80 Å². The molecule has 3 aromatic rings. The molecule has 28 heavy (non-hydrogen) atoms. The largest absolute Gasteiger partial charge is 0.335 e. The van der Waals surface area contributed by atoms with Crippen LogP contribution in [0.25, 0.3) is 9.88 Å². The molecule has 9 heteroatoms. The van der Waals surface area contributed by atoms with Crippen LogP contribution in [0.2, 0.25) is 9.36 Å². The number of hydrogen-bond donors (Lipinski definition) is 0. The van der Waals surface area contributed by atoms with Gasteiger partial charge in [-0.15, -0.1) is 22.7 Å². The van der Waals surface area contributed by atoms with Crippen LogP contribution in [-0.4, -0.2) is 52.8 Å². The summed E-state index contributed by atoms with van der Waals surface area (Å²) in [6, 6.07) is 10.6. The fourth-order valence-electron chi connectivity index (χ4n) is 2.96. The molecule has 0 unspecified atom stereocenters. The monoisotopic (exact) mass is 451 g/mol. The van der Waals surface area contributed by atoms with E-state index in [2.05, 4.69) is 4.98 Å². The van der Waals surface area contributed by atoms with Crippen LogP contribution in [0.15, 0.2) is 41.8 Å². The smallest absolute Gasteiger partial charge is 0.273 e.